The van der Waals surface area contributed by atoms with Gasteiger partial charge in [-0.15, -0.1) is 0 Å². The van der Waals surface area contributed by atoms with Crippen LogP contribution in [0.3, 0.4) is 0 Å². The minimum absolute atomic E-state index is 0.0838. The molecule has 1 amide bonds. The van der Waals surface area contributed by atoms with Crippen LogP contribution in [0.2, 0.25) is 0 Å². The predicted molar refractivity (Wildman–Crippen MR) is 86.7 cm³/mol. The van der Waals surface area contributed by atoms with Crippen LogP contribution in [0.15, 0.2) is 42.6 Å². The SMILES string of the molecule is Cc1ccn(CCCNC(=O)C=Cc2ccc(OC(F)F)cc2)n1. The van der Waals surface area contributed by atoms with E-state index < -0.39 is 6.61 Å². The molecule has 0 aliphatic heterocycles. The summed E-state index contributed by atoms with van der Waals surface area (Å²) in [6.07, 6.45) is 5.69. The summed E-state index contributed by atoms with van der Waals surface area (Å²) >= 11 is 0. The Hall–Kier alpha value is -2.70. The number of alkyl halides is 2. The molecular formula is C17H19F2N3O2. The van der Waals surface area contributed by atoms with E-state index in [0.29, 0.717) is 6.54 Å². The molecule has 0 radical (unpaired) electrons. The third-order valence-electron chi connectivity index (χ3n) is 3.17. The average Bonchev–Trinajstić information content (AvgIpc) is 2.96. The molecule has 0 fully saturated rings. The molecule has 1 aromatic carbocycles. The Balaban J connectivity index is 1.70. The normalized spacial score (nSPS) is 11.2. The number of aromatic nitrogens is 2. The quantitative estimate of drug-likeness (QED) is 0.596. The second kappa shape index (κ2) is 8.81. The maximum Gasteiger partial charge on any atom is 0.387 e. The summed E-state index contributed by atoms with van der Waals surface area (Å²) in [7, 11) is 0. The van der Waals surface area contributed by atoms with E-state index in [4.69, 9.17) is 0 Å². The zero-order chi connectivity index (χ0) is 17.4. The van der Waals surface area contributed by atoms with Crippen LogP contribution in [-0.2, 0) is 11.3 Å². The van der Waals surface area contributed by atoms with E-state index in [9.17, 15) is 13.6 Å². The molecular weight excluding hydrogens is 316 g/mol. The molecule has 0 saturated carbocycles. The van der Waals surface area contributed by atoms with Crippen molar-refractivity contribution in [3.63, 3.8) is 0 Å². The number of benzene rings is 1. The number of hydrogen-bond donors (Lipinski definition) is 1. The van der Waals surface area contributed by atoms with Crippen molar-refractivity contribution in [3.05, 3.63) is 53.9 Å². The van der Waals surface area contributed by atoms with Crippen molar-refractivity contribution in [2.75, 3.05) is 6.54 Å². The minimum atomic E-state index is -2.84. The smallest absolute Gasteiger partial charge is 0.387 e. The molecule has 5 nitrogen and oxygen atoms in total. The number of nitrogens with zero attached hydrogens (tertiary/aromatic N) is 2. The summed E-state index contributed by atoms with van der Waals surface area (Å²) < 4.78 is 30.2. The van der Waals surface area contributed by atoms with Crippen LogP contribution < -0.4 is 10.1 Å². The number of halogens is 2. The molecule has 0 atom stereocenters. The van der Waals surface area contributed by atoms with Crippen LogP contribution >= 0.6 is 0 Å². The van der Waals surface area contributed by atoms with E-state index >= 15 is 0 Å². The van der Waals surface area contributed by atoms with Gasteiger partial charge in [0.25, 0.3) is 0 Å². The largest absolute Gasteiger partial charge is 0.435 e. The van der Waals surface area contributed by atoms with Crippen molar-refractivity contribution in [2.24, 2.45) is 0 Å². The van der Waals surface area contributed by atoms with E-state index in [1.54, 1.807) is 18.2 Å². The van der Waals surface area contributed by atoms with Gasteiger partial charge in [0.2, 0.25) is 5.91 Å². The second-order valence-electron chi connectivity index (χ2n) is 5.15. The van der Waals surface area contributed by atoms with Crippen LogP contribution in [-0.4, -0.2) is 28.8 Å². The molecule has 128 valence electrons. The van der Waals surface area contributed by atoms with Gasteiger partial charge >= 0.3 is 6.61 Å². The Labute approximate surface area is 138 Å². The number of nitrogens with one attached hydrogen (secondary N) is 1. The number of hydrogen-bond acceptors (Lipinski definition) is 3. The molecule has 1 aromatic heterocycles. The lowest BCUT2D eigenvalue weighted by Crippen LogP contribution is -2.23. The fourth-order valence-corrected chi connectivity index (χ4v) is 2.03. The van der Waals surface area contributed by atoms with Gasteiger partial charge in [-0.25, -0.2) is 0 Å². The van der Waals surface area contributed by atoms with E-state index in [2.05, 4.69) is 15.2 Å². The lowest BCUT2D eigenvalue weighted by atomic mass is 10.2. The van der Waals surface area contributed by atoms with E-state index in [1.165, 1.54) is 18.2 Å². The summed E-state index contributed by atoms with van der Waals surface area (Å²) in [4.78, 5) is 11.7. The molecule has 0 unspecified atom stereocenters. The van der Waals surface area contributed by atoms with Gasteiger partial charge in [-0.05, 0) is 43.2 Å². The van der Waals surface area contributed by atoms with Crippen molar-refractivity contribution in [2.45, 2.75) is 26.5 Å². The van der Waals surface area contributed by atoms with Gasteiger partial charge in [0.1, 0.15) is 5.75 Å². The van der Waals surface area contributed by atoms with E-state index in [0.717, 1.165) is 24.2 Å². The van der Waals surface area contributed by atoms with Crippen LogP contribution in [0, 0.1) is 6.92 Å². The summed E-state index contributed by atoms with van der Waals surface area (Å²) in [5, 5.41) is 7.04. The lowest BCUT2D eigenvalue weighted by molar-refractivity contribution is -0.116. The fourth-order valence-electron chi connectivity index (χ4n) is 2.03. The molecule has 0 bridgehead atoms. The summed E-state index contributed by atoms with van der Waals surface area (Å²) in [5.41, 5.74) is 1.69. The summed E-state index contributed by atoms with van der Waals surface area (Å²) in [6, 6.07) is 7.98. The summed E-state index contributed by atoms with van der Waals surface area (Å²) in [6.45, 7) is 0.366. The standard InChI is InChI=1S/C17H19F2N3O2/c1-13-9-12-22(21-13)11-2-10-20-16(23)8-5-14-3-6-15(7-4-14)24-17(18)19/h3-9,12,17H,2,10-11H2,1H3,(H,20,23). The van der Waals surface area contributed by atoms with Gasteiger partial charge in [-0.1, -0.05) is 12.1 Å². The van der Waals surface area contributed by atoms with Gasteiger partial charge in [0.05, 0.1) is 5.69 Å². The van der Waals surface area contributed by atoms with Gasteiger partial charge in [0.15, 0.2) is 0 Å². The molecule has 1 N–H and O–H groups in total. The number of carbonyl (C=O) groups is 1. The fraction of sp³-hybridized carbons (Fsp3) is 0.294. The second-order valence-corrected chi connectivity index (χ2v) is 5.15. The van der Waals surface area contributed by atoms with Crippen LogP contribution in [0.25, 0.3) is 6.08 Å². The number of amides is 1. The third-order valence-corrected chi connectivity index (χ3v) is 3.17. The Morgan fingerprint density at radius 2 is 2.08 bits per heavy atom. The molecule has 2 aromatic rings. The van der Waals surface area contributed by atoms with E-state index in [-0.39, 0.29) is 11.7 Å². The highest BCUT2D eigenvalue weighted by atomic mass is 19.3. The molecule has 0 spiro atoms. The van der Waals surface area contributed by atoms with Gasteiger partial charge in [0, 0.05) is 25.4 Å². The van der Waals surface area contributed by atoms with Crippen molar-refractivity contribution in [1.29, 1.82) is 0 Å². The maximum atomic E-state index is 12.0. The molecule has 24 heavy (non-hydrogen) atoms. The van der Waals surface area contributed by atoms with Crippen LogP contribution in [0.5, 0.6) is 5.75 Å². The Morgan fingerprint density at radius 3 is 2.71 bits per heavy atom. The number of ether oxygens (including phenoxy) is 1. The molecule has 2 rings (SSSR count). The predicted octanol–water partition coefficient (Wildman–Crippen LogP) is 3.01. The monoisotopic (exact) mass is 335 g/mol. The molecule has 7 heteroatoms. The number of rotatable bonds is 8. The van der Waals surface area contributed by atoms with Crippen LogP contribution in [0.1, 0.15) is 17.7 Å². The third kappa shape index (κ3) is 6.20. The van der Waals surface area contributed by atoms with Crippen molar-refractivity contribution >= 4 is 12.0 Å². The first-order chi connectivity index (χ1) is 11.5. The molecule has 0 saturated heterocycles. The van der Waals surface area contributed by atoms with Gasteiger partial charge in [-0.2, -0.15) is 13.9 Å². The molecule has 1 heterocycles. The number of aryl methyl sites for hydroxylation is 2. The minimum Gasteiger partial charge on any atom is -0.435 e. The molecule has 0 aliphatic carbocycles. The Bertz CT molecular complexity index is 681. The maximum absolute atomic E-state index is 12.0. The zero-order valence-electron chi connectivity index (χ0n) is 13.3. The van der Waals surface area contributed by atoms with Crippen molar-refractivity contribution in [3.8, 4) is 5.75 Å². The van der Waals surface area contributed by atoms with Crippen molar-refractivity contribution in [1.82, 2.24) is 15.1 Å². The van der Waals surface area contributed by atoms with E-state index in [1.807, 2.05) is 23.9 Å². The van der Waals surface area contributed by atoms with Crippen LogP contribution in [0.4, 0.5) is 8.78 Å². The highest BCUT2D eigenvalue weighted by Gasteiger charge is 2.03. The highest BCUT2D eigenvalue weighted by Crippen LogP contribution is 2.15. The van der Waals surface area contributed by atoms with Crippen molar-refractivity contribution < 1.29 is 18.3 Å². The number of carbonyl (C=O) groups excluding carboxylic acids is 1. The first-order valence-electron chi connectivity index (χ1n) is 7.54. The average molecular weight is 335 g/mol. The first-order valence-corrected chi connectivity index (χ1v) is 7.54. The zero-order valence-corrected chi connectivity index (χ0v) is 13.3. The van der Waals surface area contributed by atoms with Gasteiger partial charge < -0.3 is 10.1 Å². The Morgan fingerprint density at radius 1 is 1.33 bits per heavy atom. The topological polar surface area (TPSA) is 56.2 Å². The summed E-state index contributed by atoms with van der Waals surface area (Å²) in [5.74, 6) is -0.125. The molecule has 0 aliphatic rings. The lowest BCUT2D eigenvalue weighted by Gasteiger charge is -2.04. The first kappa shape index (κ1) is 17.7. The Kier molecular flexibility index (Phi) is 6.48. The highest BCUT2D eigenvalue weighted by molar-refractivity contribution is 5.91. The van der Waals surface area contributed by atoms with Gasteiger partial charge in [-0.3, -0.25) is 9.48 Å².